The second-order valence-corrected chi connectivity index (χ2v) is 9.37. The van der Waals surface area contributed by atoms with Crippen molar-refractivity contribution in [2.45, 2.75) is 32.6 Å². The molecule has 3 aromatic rings. The Balaban J connectivity index is 1.32. The van der Waals surface area contributed by atoms with Crippen LogP contribution < -0.4 is 10.2 Å². The summed E-state index contributed by atoms with van der Waals surface area (Å²) < 4.78 is 31.1. The van der Waals surface area contributed by atoms with Crippen molar-refractivity contribution in [3.8, 4) is 11.1 Å². The fourth-order valence-electron chi connectivity index (χ4n) is 4.77. The quantitative estimate of drug-likeness (QED) is 0.595. The number of carbonyl (C=O) groups is 2. The summed E-state index contributed by atoms with van der Waals surface area (Å²) in [7, 11) is 1.76. The van der Waals surface area contributed by atoms with Crippen molar-refractivity contribution in [2.24, 2.45) is 18.4 Å². The van der Waals surface area contributed by atoms with Gasteiger partial charge in [0.05, 0.1) is 23.7 Å². The van der Waals surface area contributed by atoms with E-state index in [1.807, 2.05) is 6.92 Å². The zero-order valence-electron chi connectivity index (χ0n) is 19.0. The molecule has 2 aliphatic rings. The van der Waals surface area contributed by atoms with Crippen LogP contribution in [0, 0.1) is 23.0 Å². The maximum absolute atomic E-state index is 15.3. The minimum absolute atomic E-state index is 0.0833. The van der Waals surface area contributed by atoms with Crippen LogP contribution in [0.5, 0.6) is 0 Å². The van der Waals surface area contributed by atoms with E-state index in [9.17, 15) is 14.0 Å². The van der Waals surface area contributed by atoms with Gasteiger partial charge in [0.25, 0.3) is 0 Å². The summed E-state index contributed by atoms with van der Waals surface area (Å²) >= 11 is 0. The van der Waals surface area contributed by atoms with E-state index in [2.05, 4.69) is 15.4 Å². The molecule has 1 saturated heterocycles. The fourth-order valence-corrected chi connectivity index (χ4v) is 4.77. The Morgan fingerprint density at radius 2 is 2.03 bits per heavy atom. The molecule has 1 aliphatic carbocycles. The summed E-state index contributed by atoms with van der Waals surface area (Å²) in [6.45, 7) is 2.38. The molecule has 1 aromatic carbocycles. The highest BCUT2D eigenvalue weighted by atomic mass is 19.1. The Bertz CT molecular complexity index is 1290. The number of anilines is 2. The van der Waals surface area contributed by atoms with Crippen LogP contribution in [-0.2, 0) is 23.1 Å². The number of benzene rings is 1. The molecule has 1 N–H and O–H groups in total. The number of nitrogens with zero attached hydrogens (tertiary/aromatic N) is 4. The average Bonchev–Trinajstić information content (AvgIpc) is 3.49. The smallest absolute Gasteiger partial charge is 0.233 e. The Hall–Kier alpha value is -3.62. The Morgan fingerprint density at radius 1 is 1.24 bits per heavy atom. The maximum Gasteiger partial charge on any atom is 0.233 e. The zero-order chi connectivity index (χ0) is 24.0. The van der Waals surface area contributed by atoms with Gasteiger partial charge in [-0.15, -0.1) is 0 Å². The molecule has 1 aliphatic heterocycles. The molecule has 2 fully saturated rings. The van der Waals surface area contributed by atoms with Crippen molar-refractivity contribution >= 4 is 23.3 Å². The molecular weight excluding hydrogens is 440 g/mol. The lowest BCUT2D eigenvalue weighted by Gasteiger charge is -2.23. The van der Waals surface area contributed by atoms with Crippen molar-refractivity contribution in [3.05, 3.63) is 60.1 Å². The minimum atomic E-state index is -0.750. The lowest BCUT2D eigenvalue weighted by molar-refractivity contribution is -0.125. The molecule has 1 saturated carbocycles. The van der Waals surface area contributed by atoms with Crippen LogP contribution in [0.25, 0.3) is 11.1 Å². The number of aromatic nitrogens is 3. The predicted octanol–water partition coefficient (Wildman–Crippen LogP) is 4.09. The third-order valence-corrected chi connectivity index (χ3v) is 6.84. The van der Waals surface area contributed by atoms with E-state index in [4.69, 9.17) is 0 Å². The number of amides is 2. The minimum Gasteiger partial charge on any atom is -0.309 e. The Morgan fingerprint density at radius 3 is 2.74 bits per heavy atom. The van der Waals surface area contributed by atoms with Gasteiger partial charge in [0.15, 0.2) is 11.6 Å². The van der Waals surface area contributed by atoms with Gasteiger partial charge >= 0.3 is 0 Å². The highest BCUT2D eigenvalue weighted by molar-refractivity contribution is 6.01. The molecule has 2 aromatic heterocycles. The Kier molecular flexibility index (Phi) is 5.42. The van der Waals surface area contributed by atoms with Crippen molar-refractivity contribution in [2.75, 3.05) is 16.8 Å². The van der Waals surface area contributed by atoms with Crippen LogP contribution in [-0.4, -0.2) is 33.1 Å². The molecule has 3 heterocycles. The summed E-state index contributed by atoms with van der Waals surface area (Å²) in [5, 5.41) is 6.56. The van der Waals surface area contributed by atoms with E-state index < -0.39 is 23.0 Å². The standard InChI is InChI=1S/C25H25F2N5O2/c1-25(18-3-4-18)6-8-32(24(25)34)20-5-7-28-23(22(20)27)30-21(33)11-15-9-16(12-19(26)10-15)17-13-29-31(2)14-17/h5,7,9-10,12-14,18H,3-4,6,8,11H2,1-2H3,(H,28,30,33)/t25-/m0/s1. The first-order valence-corrected chi connectivity index (χ1v) is 11.3. The van der Waals surface area contributed by atoms with E-state index in [0.717, 1.165) is 18.4 Å². The highest BCUT2D eigenvalue weighted by Gasteiger charge is 2.53. The van der Waals surface area contributed by atoms with Crippen molar-refractivity contribution < 1.29 is 18.4 Å². The van der Waals surface area contributed by atoms with Crippen LogP contribution >= 0.6 is 0 Å². The van der Waals surface area contributed by atoms with Crippen LogP contribution in [0.15, 0.2) is 42.9 Å². The number of aryl methyl sites for hydroxylation is 1. The van der Waals surface area contributed by atoms with Crippen molar-refractivity contribution in [1.29, 1.82) is 0 Å². The molecule has 0 spiro atoms. The SMILES string of the molecule is Cn1cc(-c2cc(F)cc(CC(=O)Nc3nccc(N4CC[C@@](C)(C5CC5)C4=O)c3F)c2)cn1. The first-order valence-electron chi connectivity index (χ1n) is 11.3. The number of nitrogens with one attached hydrogen (secondary N) is 1. The van der Waals surface area contributed by atoms with Gasteiger partial charge in [0.2, 0.25) is 11.8 Å². The summed E-state index contributed by atoms with van der Waals surface area (Å²) in [6.07, 6.45) is 7.29. The first kappa shape index (κ1) is 22.2. The monoisotopic (exact) mass is 465 g/mol. The second-order valence-electron chi connectivity index (χ2n) is 9.37. The lowest BCUT2D eigenvalue weighted by atomic mass is 9.83. The van der Waals surface area contributed by atoms with Crippen LogP contribution in [0.3, 0.4) is 0 Å². The zero-order valence-corrected chi connectivity index (χ0v) is 19.0. The van der Waals surface area contributed by atoms with Crippen LogP contribution in [0.2, 0.25) is 0 Å². The van der Waals surface area contributed by atoms with Crippen LogP contribution in [0.4, 0.5) is 20.3 Å². The van der Waals surface area contributed by atoms with E-state index in [0.29, 0.717) is 30.0 Å². The summed E-state index contributed by atoms with van der Waals surface area (Å²) in [5.41, 5.74) is 1.40. The van der Waals surface area contributed by atoms with E-state index in [-0.39, 0.29) is 23.8 Å². The molecule has 34 heavy (non-hydrogen) atoms. The molecular formula is C25H25F2N5O2. The molecule has 0 unspecified atom stereocenters. The average molecular weight is 466 g/mol. The molecule has 9 heteroatoms. The van der Waals surface area contributed by atoms with Crippen molar-refractivity contribution in [3.63, 3.8) is 0 Å². The molecule has 0 radical (unpaired) electrons. The normalized spacial score (nSPS) is 20.1. The lowest BCUT2D eigenvalue weighted by Crippen LogP contribution is -2.34. The molecule has 176 valence electrons. The number of halogens is 2. The summed E-state index contributed by atoms with van der Waals surface area (Å²) in [4.78, 5) is 31.1. The molecule has 0 bridgehead atoms. The second kappa shape index (κ2) is 8.30. The van der Waals surface area contributed by atoms with Gasteiger partial charge in [0, 0.05) is 31.5 Å². The topological polar surface area (TPSA) is 80.1 Å². The maximum atomic E-state index is 15.3. The van der Waals surface area contributed by atoms with E-state index in [1.165, 1.54) is 29.3 Å². The van der Waals surface area contributed by atoms with Gasteiger partial charge in [0.1, 0.15) is 5.82 Å². The third-order valence-electron chi connectivity index (χ3n) is 6.84. The molecule has 2 amide bonds. The van der Waals surface area contributed by atoms with Gasteiger partial charge in [-0.3, -0.25) is 14.3 Å². The van der Waals surface area contributed by atoms with Gasteiger partial charge in [-0.25, -0.2) is 13.8 Å². The summed E-state index contributed by atoms with van der Waals surface area (Å²) in [6, 6.07) is 5.78. The number of pyridine rings is 1. The largest absolute Gasteiger partial charge is 0.309 e. The summed E-state index contributed by atoms with van der Waals surface area (Å²) in [5.74, 6) is -1.75. The van der Waals surface area contributed by atoms with Gasteiger partial charge in [-0.1, -0.05) is 13.0 Å². The molecule has 5 rings (SSSR count). The van der Waals surface area contributed by atoms with Crippen LogP contribution in [0.1, 0.15) is 31.7 Å². The molecule has 7 nitrogen and oxygen atoms in total. The molecule has 1 atom stereocenters. The van der Waals surface area contributed by atoms with Gasteiger partial charge in [-0.2, -0.15) is 5.10 Å². The Labute approximate surface area is 195 Å². The van der Waals surface area contributed by atoms with Gasteiger partial charge in [-0.05, 0) is 54.5 Å². The first-order chi connectivity index (χ1) is 16.2. The highest BCUT2D eigenvalue weighted by Crippen LogP contribution is 2.52. The number of hydrogen-bond donors (Lipinski definition) is 1. The third kappa shape index (κ3) is 4.06. The van der Waals surface area contributed by atoms with E-state index >= 15 is 4.39 Å². The number of rotatable bonds is 6. The fraction of sp³-hybridized carbons (Fsp3) is 0.360. The predicted molar refractivity (Wildman–Crippen MR) is 123 cm³/mol. The number of hydrogen-bond acceptors (Lipinski definition) is 4. The van der Waals surface area contributed by atoms with Gasteiger partial charge < -0.3 is 10.2 Å². The van der Waals surface area contributed by atoms with Crippen molar-refractivity contribution in [1.82, 2.24) is 14.8 Å². The number of carbonyl (C=O) groups excluding carboxylic acids is 2. The van der Waals surface area contributed by atoms with E-state index in [1.54, 1.807) is 30.2 Å².